The summed E-state index contributed by atoms with van der Waals surface area (Å²) in [6.07, 6.45) is 2.67. The highest BCUT2D eigenvalue weighted by atomic mass is 15.2. The average molecular weight is 289 g/mol. The minimum absolute atomic E-state index is 0.441. The molecular weight excluding hydrogens is 258 g/mol. The molecule has 118 valence electrons. The van der Waals surface area contributed by atoms with Crippen molar-refractivity contribution < 1.29 is 0 Å². The summed E-state index contributed by atoms with van der Waals surface area (Å²) in [5.74, 6) is 0.878. The smallest absolute Gasteiger partial charge is 0.0449 e. The summed E-state index contributed by atoms with van der Waals surface area (Å²) in [7, 11) is 6.44. The standard InChI is InChI=1S/C18H31N3/c1-15-7-5-6-8-17(15)18(19-2)14-21-11-9-16(10-12-21)13-20(3)4/h5-8,16,18-19H,9-14H2,1-4H3. The van der Waals surface area contributed by atoms with Crippen LogP contribution in [0, 0.1) is 12.8 Å². The zero-order valence-corrected chi connectivity index (χ0v) is 14.1. The molecule has 0 bridgehead atoms. The van der Waals surface area contributed by atoms with E-state index in [1.54, 1.807) is 0 Å². The predicted octanol–water partition coefficient (Wildman–Crippen LogP) is 2.53. The zero-order valence-electron chi connectivity index (χ0n) is 14.1. The number of nitrogens with zero attached hydrogens (tertiary/aromatic N) is 2. The number of hydrogen-bond acceptors (Lipinski definition) is 3. The third kappa shape index (κ3) is 4.80. The van der Waals surface area contributed by atoms with Gasteiger partial charge in [-0.15, -0.1) is 0 Å². The zero-order chi connectivity index (χ0) is 15.2. The van der Waals surface area contributed by atoms with Crippen molar-refractivity contribution in [3.8, 4) is 0 Å². The quantitative estimate of drug-likeness (QED) is 0.868. The number of aryl methyl sites for hydroxylation is 1. The number of likely N-dealkylation sites (N-methyl/N-ethyl adjacent to an activating group) is 1. The van der Waals surface area contributed by atoms with Gasteiger partial charge < -0.3 is 15.1 Å². The van der Waals surface area contributed by atoms with Gasteiger partial charge in [-0.05, 0) is 71.0 Å². The molecule has 0 aliphatic carbocycles. The summed E-state index contributed by atoms with van der Waals surface area (Å²) in [5.41, 5.74) is 2.83. The Morgan fingerprint density at radius 1 is 1.24 bits per heavy atom. The van der Waals surface area contributed by atoms with Crippen molar-refractivity contribution >= 4 is 0 Å². The molecule has 0 spiro atoms. The van der Waals surface area contributed by atoms with E-state index in [1.165, 1.54) is 43.6 Å². The molecule has 21 heavy (non-hydrogen) atoms. The fraction of sp³-hybridized carbons (Fsp3) is 0.667. The Bertz CT molecular complexity index is 422. The Morgan fingerprint density at radius 3 is 2.48 bits per heavy atom. The van der Waals surface area contributed by atoms with Crippen LogP contribution >= 0.6 is 0 Å². The maximum absolute atomic E-state index is 3.50. The Morgan fingerprint density at radius 2 is 1.90 bits per heavy atom. The van der Waals surface area contributed by atoms with Crippen LogP contribution in [-0.4, -0.2) is 57.1 Å². The van der Waals surface area contributed by atoms with Crippen molar-refractivity contribution in [1.29, 1.82) is 0 Å². The van der Waals surface area contributed by atoms with Gasteiger partial charge in [-0.2, -0.15) is 0 Å². The van der Waals surface area contributed by atoms with Gasteiger partial charge in [0.05, 0.1) is 0 Å². The summed E-state index contributed by atoms with van der Waals surface area (Å²) in [5, 5.41) is 3.50. The number of benzene rings is 1. The fourth-order valence-electron chi connectivity index (χ4n) is 3.45. The largest absolute Gasteiger partial charge is 0.312 e. The van der Waals surface area contributed by atoms with E-state index in [4.69, 9.17) is 0 Å². The lowest BCUT2D eigenvalue weighted by Gasteiger charge is -2.35. The van der Waals surface area contributed by atoms with Crippen LogP contribution < -0.4 is 5.32 Å². The summed E-state index contributed by atoms with van der Waals surface area (Å²) in [6.45, 7) is 7.05. The van der Waals surface area contributed by atoms with Gasteiger partial charge in [-0.3, -0.25) is 0 Å². The number of piperidine rings is 1. The number of rotatable bonds is 6. The molecule has 1 atom stereocenters. The van der Waals surface area contributed by atoms with Crippen LogP contribution in [0.2, 0.25) is 0 Å². The van der Waals surface area contributed by atoms with E-state index < -0.39 is 0 Å². The monoisotopic (exact) mass is 289 g/mol. The van der Waals surface area contributed by atoms with E-state index >= 15 is 0 Å². The van der Waals surface area contributed by atoms with Crippen LogP contribution in [0.15, 0.2) is 24.3 Å². The normalized spacial score (nSPS) is 19.1. The molecule has 0 aromatic heterocycles. The number of nitrogens with one attached hydrogen (secondary N) is 1. The van der Waals surface area contributed by atoms with Crippen LogP contribution in [0.1, 0.15) is 30.0 Å². The number of likely N-dealkylation sites (tertiary alicyclic amines) is 1. The number of hydrogen-bond donors (Lipinski definition) is 1. The van der Waals surface area contributed by atoms with E-state index in [0.29, 0.717) is 6.04 Å². The second kappa shape index (κ2) is 7.92. The molecule has 1 aliphatic rings. The Labute approximate surface area is 130 Å². The molecule has 1 heterocycles. The molecule has 1 aromatic rings. The van der Waals surface area contributed by atoms with Gasteiger partial charge in [0.15, 0.2) is 0 Å². The van der Waals surface area contributed by atoms with Gasteiger partial charge in [-0.1, -0.05) is 24.3 Å². The summed E-state index contributed by atoms with van der Waals surface area (Å²) >= 11 is 0. The molecule has 1 saturated heterocycles. The molecule has 3 nitrogen and oxygen atoms in total. The molecule has 1 aliphatic heterocycles. The first-order valence-electron chi connectivity index (χ1n) is 8.20. The van der Waals surface area contributed by atoms with Crippen LogP contribution in [0.5, 0.6) is 0 Å². The van der Waals surface area contributed by atoms with E-state index in [-0.39, 0.29) is 0 Å². The SMILES string of the molecule is CNC(CN1CCC(CN(C)C)CC1)c1ccccc1C. The lowest BCUT2D eigenvalue weighted by molar-refractivity contribution is 0.151. The van der Waals surface area contributed by atoms with Gasteiger partial charge >= 0.3 is 0 Å². The minimum atomic E-state index is 0.441. The van der Waals surface area contributed by atoms with Crippen LogP contribution in [0.25, 0.3) is 0 Å². The highest BCUT2D eigenvalue weighted by Crippen LogP contribution is 2.22. The predicted molar refractivity (Wildman–Crippen MR) is 90.7 cm³/mol. The highest BCUT2D eigenvalue weighted by molar-refractivity contribution is 5.29. The van der Waals surface area contributed by atoms with E-state index in [0.717, 1.165) is 12.5 Å². The van der Waals surface area contributed by atoms with Crippen molar-refractivity contribution in [2.24, 2.45) is 5.92 Å². The van der Waals surface area contributed by atoms with Crippen LogP contribution in [-0.2, 0) is 0 Å². The average Bonchev–Trinajstić information content (AvgIpc) is 2.47. The van der Waals surface area contributed by atoms with Gasteiger partial charge in [0, 0.05) is 19.1 Å². The van der Waals surface area contributed by atoms with Crippen molar-refractivity contribution in [2.75, 3.05) is 47.3 Å². The first-order valence-corrected chi connectivity index (χ1v) is 8.20. The molecule has 1 unspecified atom stereocenters. The van der Waals surface area contributed by atoms with Gasteiger partial charge in [0.25, 0.3) is 0 Å². The van der Waals surface area contributed by atoms with Gasteiger partial charge in [-0.25, -0.2) is 0 Å². The molecule has 0 amide bonds. The third-order valence-corrected chi connectivity index (χ3v) is 4.68. The molecular formula is C18H31N3. The summed E-state index contributed by atoms with van der Waals surface area (Å²) in [6, 6.07) is 9.18. The Hall–Kier alpha value is -0.900. The Balaban J connectivity index is 1.88. The van der Waals surface area contributed by atoms with Crippen molar-refractivity contribution in [1.82, 2.24) is 15.1 Å². The van der Waals surface area contributed by atoms with Crippen molar-refractivity contribution in [3.63, 3.8) is 0 Å². The summed E-state index contributed by atoms with van der Waals surface area (Å²) in [4.78, 5) is 4.95. The summed E-state index contributed by atoms with van der Waals surface area (Å²) < 4.78 is 0. The van der Waals surface area contributed by atoms with Crippen LogP contribution in [0.3, 0.4) is 0 Å². The molecule has 1 fully saturated rings. The minimum Gasteiger partial charge on any atom is -0.312 e. The maximum Gasteiger partial charge on any atom is 0.0449 e. The fourth-order valence-corrected chi connectivity index (χ4v) is 3.45. The Kier molecular flexibility index (Phi) is 6.22. The maximum atomic E-state index is 3.50. The molecule has 1 aromatic carbocycles. The van der Waals surface area contributed by atoms with E-state index in [1.807, 2.05) is 0 Å². The third-order valence-electron chi connectivity index (χ3n) is 4.68. The van der Waals surface area contributed by atoms with Crippen LogP contribution in [0.4, 0.5) is 0 Å². The second-order valence-electron chi connectivity index (χ2n) is 6.70. The van der Waals surface area contributed by atoms with Gasteiger partial charge in [0.1, 0.15) is 0 Å². The van der Waals surface area contributed by atoms with Gasteiger partial charge in [0.2, 0.25) is 0 Å². The van der Waals surface area contributed by atoms with E-state index in [9.17, 15) is 0 Å². The lowest BCUT2D eigenvalue weighted by atomic mass is 9.95. The van der Waals surface area contributed by atoms with E-state index in [2.05, 4.69) is 67.4 Å². The topological polar surface area (TPSA) is 18.5 Å². The lowest BCUT2D eigenvalue weighted by Crippen LogP contribution is -2.41. The first kappa shape index (κ1) is 16.5. The van der Waals surface area contributed by atoms with Crippen molar-refractivity contribution in [3.05, 3.63) is 35.4 Å². The second-order valence-corrected chi connectivity index (χ2v) is 6.70. The molecule has 2 rings (SSSR count). The first-order chi connectivity index (χ1) is 10.1. The molecule has 3 heteroatoms. The molecule has 0 radical (unpaired) electrons. The molecule has 0 saturated carbocycles. The molecule has 1 N–H and O–H groups in total. The highest BCUT2D eigenvalue weighted by Gasteiger charge is 2.22. The van der Waals surface area contributed by atoms with Crippen molar-refractivity contribution in [2.45, 2.75) is 25.8 Å².